The summed E-state index contributed by atoms with van der Waals surface area (Å²) < 4.78 is 2.27. The van der Waals surface area contributed by atoms with Crippen LogP contribution < -0.4 is 0 Å². The number of aromatic nitrogens is 4. The van der Waals surface area contributed by atoms with Crippen LogP contribution in [-0.2, 0) is 13.0 Å². The van der Waals surface area contributed by atoms with Crippen molar-refractivity contribution in [2.45, 2.75) is 33.2 Å². The predicted octanol–water partition coefficient (Wildman–Crippen LogP) is 3.55. The van der Waals surface area contributed by atoms with Crippen molar-refractivity contribution < 1.29 is 9.90 Å². The highest BCUT2D eigenvalue weighted by atomic mass is 16.3. The SMILES string of the molecule is CCN(CC)CCn1c2ccc(-n3nccn3)c(O)c2c2c3c(ccc21)C(=O)CC3. The molecule has 0 fully saturated rings. The minimum atomic E-state index is 0.156. The molecular formula is C23H25N5O2. The maximum absolute atomic E-state index is 12.4. The van der Waals surface area contributed by atoms with Gasteiger partial charge in [-0.3, -0.25) is 4.79 Å². The van der Waals surface area contributed by atoms with Crippen LogP contribution in [0.15, 0.2) is 36.7 Å². The topological polar surface area (TPSA) is 76.2 Å². The number of benzene rings is 2. The summed E-state index contributed by atoms with van der Waals surface area (Å²) in [6, 6.07) is 7.87. The van der Waals surface area contributed by atoms with Crippen LogP contribution in [-0.4, -0.2) is 55.0 Å². The highest BCUT2D eigenvalue weighted by molar-refractivity contribution is 6.17. The highest BCUT2D eigenvalue weighted by Crippen LogP contribution is 2.42. The first-order chi connectivity index (χ1) is 14.6. The van der Waals surface area contributed by atoms with Crippen molar-refractivity contribution in [2.75, 3.05) is 19.6 Å². The van der Waals surface area contributed by atoms with E-state index in [1.807, 2.05) is 24.3 Å². The van der Waals surface area contributed by atoms with Crippen LogP contribution in [0.3, 0.4) is 0 Å². The first-order valence-electron chi connectivity index (χ1n) is 10.6. The van der Waals surface area contributed by atoms with Gasteiger partial charge < -0.3 is 14.6 Å². The molecule has 0 aliphatic heterocycles. The van der Waals surface area contributed by atoms with Gasteiger partial charge in [0.1, 0.15) is 5.69 Å². The maximum Gasteiger partial charge on any atom is 0.163 e. The van der Waals surface area contributed by atoms with E-state index < -0.39 is 0 Å². The number of phenolic OH excluding ortho intramolecular Hbond substituents is 1. The average molecular weight is 403 g/mol. The number of hydrogen-bond donors (Lipinski definition) is 1. The van der Waals surface area contributed by atoms with Gasteiger partial charge in [-0.05, 0) is 49.3 Å². The summed E-state index contributed by atoms with van der Waals surface area (Å²) in [6.45, 7) is 8.07. The van der Waals surface area contributed by atoms with Crippen LogP contribution in [0.1, 0.15) is 36.2 Å². The third kappa shape index (κ3) is 2.73. The molecule has 0 radical (unpaired) electrons. The molecule has 0 bridgehead atoms. The minimum absolute atomic E-state index is 0.156. The minimum Gasteiger partial charge on any atom is -0.505 e. The zero-order valence-corrected chi connectivity index (χ0v) is 17.3. The van der Waals surface area contributed by atoms with E-state index in [4.69, 9.17) is 0 Å². The smallest absolute Gasteiger partial charge is 0.163 e. The number of nitrogens with zero attached hydrogens (tertiary/aromatic N) is 5. The van der Waals surface area contributed by atoms with Crippen molar-refractivity contribution in [3.8, 4) is 11.4 Å². The predicted molar refractivity (Wildman–Crippen MR) is 116 cm³/mol. The van der Waals surface area contributed by atoms with Crippen molar-refractivity contribution in [3.05, 3.63) is 47.8 Å². The van der Waals surface area contributed by atoms with Crippen molar-refractivity contribution in [1.29, 1.82) is 0 Å². The van der Waals surface area contributed by atoms with Crippen LogP contribution in [0, 0.1) is 0 Å². The van der Waals surface area contributed by atoms with Gasteiger partial charge in [0.05, 0.1) is 23.3 Å². The highest BCUT2D eigenvalue weighted by Gasteiger charge is 2.27. The van der Waals surface area contributed by atoms with Crippen molar-refractivity contribution in [2.24, 2.45) is 0 Å². The summed E-state index contributed by atoms with van der Waals surface area (Å²) >= 11 is 0. The Morgan fingerprint density at radius 2 is 1.70 bits per heavy atom. The van der Waals surface area contributed by atoms with Gasteiger partial charge >= 0.3 is 0 Å². The van der Waals surface area contributed by atoms with Crippen LogP contribution in [0.4, 0.5) is 0 Å². The number of ketones is 1. The second-order valence-corrected chi connectivity index (χ2v) is 7.73. The summed E-state index contributed by atoms with van der Waals surface area (Å²) in [5, 5.41) is 21.4. The Morgan fingerprint density at radius 1 is 1.00 bits per heavy atom. The maximum atomic E-state index is 12.4. The van der Waals surface area contributed by atoms with E-state index in [1.165, 1.54) is 4.80 Å². The molecule has 2 aromatic heterocycles. The number of hydrogen-bond acceptors (Lipinski definition) is 5. The normalized spacial score (nSPS) is 13.8. The molecule has 0 unspecified atom stereocenters. The van der Waals surface area contributed by atoms with Crippen LogP contribution in [0.25, 0.3) is 27.5 Å². The van der Waals surface area contributed by atoms with Crippen LogP contribution in [0.5, 0.6) is 5.75 Å². The van der Waals surface area contributed by atoms with E-state index in [-0.39, 0.29) is 11.5 Å². The molecule has 0 atom stereocenters. The van der Waals surface area contributed by atoms with Gasteiger partial charge in [0.15, 0.2) is 11.5 Å². The Balaban J connectivity index is 1.79. The first-order valence-corrected chi connectivity index (χ1v) is 10.6. The molecule has 7 heteroatoms. The fraction of sp³-hybridized carbons (Fsp3) is 0.348. The molecule has 30 heavy (non-hydrogen) atoms. The third-order valence-corrected chi connectivity index (χ3v) is 6.33. The largest absolute Gasteiger partial charge is 0.505 e. The van der Waals surface area contributed by atoms with E-state index in [0.29, 0.717) is 18.5 Å². The Kier molecular flexibility index (Phi) is 4.55. The lowest BCUT2D eigenvalue weighted by Gasteiger charge is -2.19. The number of phenols is 1. The fourth-order valence-corrected chi connectivity index (χ4v) is 4.73. The van der Waals surface area contributed by atoms with Gasteiger partial charge in [-0.25, -0.2) is 0 Å². The molecule has 0 spiro atoms. The molecule has 154 valence electrons. The quantitative estimate of drug-likeness (QED) is 0.533. The summed E-state index contributed by atoms with van der Waals surface area (Å²) in [5.74, 6) is 0.336. The second kappa shape index (κ2) is 7.25. The standard InChI is InChI=1S/C23H25N5O2/c1-3-26(4-2)13-14-27-17-7-5-15-16(6-10-20(15)29)21(17)22-18(27)8-9-19(23(22)30)28-24-11-12-25-28/h5,7-9,11-12,30H,3-4,6,10,13-14H2,1-2H3. The molecule has 1 N–H and O–H groups in total. The fourth-order valence-electron chi connectivity index (χ4n) is 4.73. The molecule has 7 nitrogen and oxygen atoms in total. The summed E-state index contributed by atoms with van der Waals surface area (Å²) in [5.41, 5.74) is 4.40. The van der Waals surface area contributed by atoms with E-state index >= 15 is 0 Å². The lowest BCUT2D eigenvalue weighted by molar-refractivity contribution is 0.0994. The average Bonchev–Trinajstić information content (AvgIpc) is 3.48. The van der Waals surface area contributed by atoms with Crippen molar-refractivity contribution in [3.63, 3.8) is 0 Å². The molecule has 0 saturated heterocycles. The molecule has 0 saturated carbocycles. The lowest BCUT2D eigenvalue weighted by atomic mass is 10.0. The Labute approximate surface area is 174 Å². The number of rotatable bonds is 6. The summed E-state index contributed by atoms with van der Waals surface area (Å²) in [7, 11) is 0. The summed E-state index contributed by atoms with van der Waals surface area (Å²) in [6.07, 6.45) is 4.42. The number of aryl methyl sites for hydroxylation is 1. The number of Topliss-reactive ketones (excluding diaryl/α,β-unsaturated/α-hetero) is 1. The number of carbonyl (C=O) groups is 1. The van der Waals surface area contributed by atoms with E-state index in [1.54, 1.807) is 12.4 Å². The number of aromatic hydroxyl groups is 1. The zero-order valence-electron chi connectivity index (χ0n) is 17.3. The molecule has 4 aromatic rings. The molecule has 1 aliphatic carbocycles. The molecule has 1 aliphatic rings. The third-order valence-electron chi connectivity index (χ3n) is 6.33. The summed E-state index contributed by atoms with van der Waals surface area (Å²) in [4.78, 5) is 16.2. The van der Waals surface area contributed by atoms with Crippen molar-refractivity contribution >= 4 is 27.6 Å². The van der Waals surface area contributed by atoms with Crippen molar-refractivity contribution in [1.82, 2.24) is 24.5 Å². The van der Waals surface area contributed by atoms with Gasteiger partial charge in [-0.1, -0.05) is 13.8 Å². The van der Waals surface area contributed by atoms with Gasteiger partial charge in [0.25, 0.3) is 0 Å². The molecule has 0 amide bonds. The van der Waals surface area contributed by atoms with Gasteiger partial charge in [0.2, 0.25) is 0 Å². The van der Waals surface area contributed by atoms with E-state index in [2.05, 4.69) is 33.5 Å². The van der Waals surface area contributed by atoms with Crippen LogP contribution in [0.2, 0.25) is 0 Å². The molecule has 2 heterocycles. The Bertz CT molecular complexity index is 1250. The second-order valence-electron chi connectivity index (χ2n) is 7.73. The Morgan fingerprint density at radius 3 is 2.43 bits per heavy atom. The van der Waals surface area contributed by atoms with E-state index in [9.17, 15) is 9.90 Å². The van der Waals surface area contributed by atoms with Gasteiger partial charge in [-0.15, -0.1) is 4.80 Å². The van der Waals surface area contributed by atoms with Gasteiger partial charge in [0, 0.05) is 36.0 Å². The number of likely N-dealkylation sites (N-methyl/N-ethyl adjacent to an activating group) is 1. The first kappa shape index (κ1) is 18.8. The molecule has 2 aromatic carbocycles. The Hall–Kier alpha value is -3.19. The monoisotopic (exact) mass is 403 g/mol. The molecule has 5 rings (SSSR count). The zero-order chi connectivity index (χ0) is 20.8. The number of carbonyl (C=O) groups excluding carboxylic acids is 1. The van der Waals surface area contributed by atoms with E-state index in [0.717, 1.165) is 59.1 Å². The molecular weight excluding hydrogens is 378 g/mol. The lowest BCUT2D eigenvalue weighted by Crippen LogP contribution is -2.26. The van der Waals surface area contributed by atoms with Crippen LogP contribution >= 0.6 is 0 Å². The number of fused-ring (bicyclic) bond motifs is 5. The van der Waals surface area contributed by atoms with Gasteiger partial charge in [-0.2, -0.15) is 10.2 Å².